The van der Waals surface area contributed by atoms with Crippen LogP contribution < -0.4 is 0 Å². The predicted octanol–water partition coefficient (Wildman–Crippen LogP) is 3.55. The zero-order chi connectivity index (χ0) is 14.6. The molecule has 1 amide bonds. The molecule has 3 nitrogen and oxygen atoms in total. The average Bonchev–Trinajstić information content (AvgIpc) is 2.26. The van der Waals surface area contributed by atoms with Gasteiger partial charge in [0.15, 0.2) is 0 Å². The third kappa shape index (κ3) is 5.02. The van der Waals surface area contributed by atoms with E-state index in [1.165, 1.54) is 18.2 Å². The summed E-state index contributed by atoms with van der Waals surface area (Å²) >= 11 is 6.09. The fraction of sp³-hybridized carbons (Fsp3) is 0.364. The number of alkyl halides is 4. The van der Waals surface area contributed by atoms with Gasteiger partial charge in [0, 0.05) is 16.3 Å². The highest BCUT2D eigenvalue weighted by Crippen LogP contribution is 2.25. The van der Waals surface area contributed by atoms with Gasteiger partial charge in [0.1, 0.15) is 12.3 Å². The maximum absolute atomic E-state index is 12.4. The van der Waals surface area contributed by atoms with E-state index in [-0.39, 0.29) is 23.2 Å². The molecule has 0 aliphatic heterocycles. The summed E-state index contributed by atoms with van der Waals surface area (Å²) in [6, 6.07) is 4.01. The van der Waals surface area contributed by atoms with Gasteiger partial charge in [0.25, 0.3) is 5.91 Å². The van der Waals surface area contributed by atoms with Crippen LogP contribution in [0.4, 0.5) is 13.2 Å². The molecule has 1 N–H and O–H groups in total. The zero-order valence-electron chi connectivity index (χ0n) is 9.55. The number of phenols is 1. The molecule has 0 atom stereocenters. The summed E-state index contributed by atoms with van der Waals surface area (Å²) in [6.45, 7) is -1.46. The fourth-order valence-corrected chi connectivity index (χ4v) is 2.20. The van der Waals surface area contributed by atoms with Crippen LogP contribution in [0.2, 0.25) is 0 Å². The second-order valence-corrected chi connectivity index (χ2v) is 5.40. The van der Waals surface area contributed by atoms with Crippen LogP contribution in [-0.2, 0) is 0 Å². The summed E-state index contributed by atoms with van der Waals surface area (Å²) in [5.74, 6) is -1.22. The van der Waals surface area contributed by atoms with Crippen molar-refractivity contribution in [2.75, 3.05) is 18.4 Å². The number of phenolic OH excluding ortho intramolecular Hbond substituents is 1. The van der Waals surface area contributed by atoms with E-state index in [4.69, 9.17) is 0 Å². The third-order valence-corrected chi connectivity index (χ3v) is 3.05. The number of nitrogens with zero attached hydrogens (tertiary/aromatic N) is 1. The van der Waals surface area contributed by atoms with Crippen molar-refractivity contribution in [3.05, 3.63) is 28.2 Å². The standard InChI is InChI=1S/C11H10Br2F3NO2/c12-3-4-17(6-11(14,15)16)10(19)8-2-1-7(13)5-9(8)18/h1-2,5,18H,3-4,6H2. The monoisotopic (exact) mass is 403 g/mol. The van der Waals surface area contributed by atoms with Crippen molar-refractivity contribution in [3.63, 3.8) is 0 Å². The van der Waals surface area contributed by atoms with Crippen molar-refractivity contribution in [2.24, 2.45) is 0 Å². The summed E-state index contributed by atoms with van der Waals surface area (Å²) in [5.41, 5.74) is -0.159. The lowest BCUT2D eigenvalue weighted by molar-refractivity contribution is -0.140. The van der Waals surface area contributed by atoms with Crippen molar-refractivity contribution < 1.29 is 23.1 Å². The van der Waals surface area contributed by atoms with E-state index in [9.17, 15) is 23.1 Å². The molecule has 1 rings (SSSR count). The minimum atomic E-state index is -4.48. The largest absolute Gasteiger partial charge is 0.507 e. The molecule has 0 unspecified atom stereocenters. The van der Waals surface area contributed by atoms with Gasteiger partial charge in [-0.1, -0.05) is 31.9 Å². The van der Waals surface area contributed by atoms with Crippen molar-refractivity contribution >= 4 is 37.8 Å². The third-order valence-electron chi connectivity index (χ3n) is 2.20. The first-order valence-electron chi connectivity index (χ1n) is 5.15. The lowest BCUT2D eigenvalue weighted by Gasteiger charge is -2.23. The van der Waals surface area contributed by atoms with Gasteiger partial charge in [-0.05, 0) is 18.2 Å². The number of carbonyl (C=O) groups excluding carboxylic acids is 1. The first-order valence-corrected chi connectivity index (χ1v) is 7.06. The number of amides is 1. The molecular formula is C11H10Br2F3NO2. The van der Waals surface area contributed by atoms with Crippen LogP contribution in [0.15, 0.2) is 22.7 Å². The number of aromatic hydroxyl groups is 1. The topological polar surface area (TPSA) is 40.5 Å². The molecule has 19 heavy (non-hydrogen) atoms. The van der Waals surface area contributed by atoms with Gasteiger partial charge in [-0.3, -0.25) is 4.79 Å². The Hall–Kier alpha value is -0.760. The summed E-state index contributed by atoms with van der Waals surface area (Å²) in [6.07, 6.45) is -4.48. The number of hydrogen-bond donors (Lipinski definition) is 1. The Morgan fingerprint density at radius 3 is 2.47 bits per heavy atom. The van der Waals surface area contributed by atoms with E-state index in [2.05, 4.69) is 31.9 Å². The number of benzene rings is 1. The highest BCUT2D eigenvalue weighted by Gasteiger charge is 2.33. The molecule has 0 aromatic heterocycles. The molecule has 0 fully saturated rings. The molecule has 0 bridgehead atoms. The van der Waals surface area contributed by atoms with Crippen LogP contribution in [0.1, 0.15) is 10.4 Å². The summed E-state index contributed by atoms with van der Waals surface area (Å²) in [4.78, 5) is 12.6. The molecule has 0 saturated heterocycles. The Labute approximate surface area is 124 Å². The number of carbonyl (C=O) groups is 1. The molecule has 0 heterocycles. The maximum Gasteiger partial charge on any atom is 0.406 e. The quantitative estimate of drug-likeness (QED) is 0.779. The Bertz CT molecular complexity index is 466. The maximum atomic E-state index is 12.4. The number of hydrogen-bond acceptors (Lipinski definition) is 2. The van der Waals surface area contributed by atoms with E-state index >= 15 is 0 Å². The molecule has 0 aliphatic rings. The Balaban J connectivity index is 2.99. The SMILES string of the molecule is O=C(c1ccc(Br)cc1O)N(CCBr)CC(F)(F)F. The van der Waals surface area contributed by atoms with E-state index in [0.29, 0.717) is 9.37 Å². The van der Waals surface area contributed by atoms with E-state index in [1.807, 2.05) is 0 Å². The first-order chi connectivity index (χ1) is 8.74. The predicted molar refractivity (Wildman–Crippen MR) is 71.6 cm³/mol. The van der Waals surface area contributed by atoms with Gasteiger partial charge < -0.3 is 10.0 Å². The van der Waals surface area contributed by atoms with Crippen molar-refractivity contribution in [1.82, 2.24) is 4.90 Å². The van der Waals surface area contributed by atoms with Crippen LogP contribution in [0.25, 0.3) is 0 Å². The average molecular weight is 405 g/mol. The van der Waals surface area contributed by atoms with Gasteiger partial charge >= 0.3 is 6.18 Å². The lowest BCUT2D eigenvalue weighted by Crippen LogP contribution is -2.40. The summed E-state index contributed by atoms with van der Waals surface area (Å²) in [5, 5.41) is 9.82. The second-order valence-electron chi connectivity index (χ2n) is 3.69. The van der Waals surface area contributed by atoms with E-state index < -0.39 is 18.6 Å². The lowest BCUT2D eigenvalue weighted by atomic mass is 10.1. The van der Waals surface area contributed by atoms with Crippen LogP contribution in [0, 0.1) is 0 Å². The molecule has 1 aromatic carbocycles. The zero-order valence-corrected chi connectivity index (χ0v) is 12.7. The fourth-order valence-electron chi connectivity index (χ4n) is 1.43. The van der Waals surface area contributed by atoms with E-state index in [1.54, 1.807) is 0 Å². The molecule has 0 spiro atoms. The van der Waals surface area contributed by atoms with Crippen LogP contribution >= 0.6 is 31.9 Å². The molecule has 106 valence electrons. The number of rotatable bonds is 4. The van der Waals surface area contributed by atoms with Crippen LogP contribution in [0.5, 0.6) is 5.75 Å². The van der Waals surface area contributed by atoms with Gasteiger partial charge in [-0.15, -0.1) is 0 Å². The van der Waals surface area contributed by atoms with Crippen molar-refractivity contribution in [3.8, 4) is 5.75 Å². The van der Waals surface area contributed by atoms with Gasteiger partial charge in [0.2, 0.25) is 0 Å². The van der Waals surface area contributed by atoms with Gasteiger partial charge in [0.05, 0.1) is 5.56 Å². The molecule has 0 saturated carbocycles. The molecule has 1 aromatic rings. The van der Waals surface area contributed by atoms with Crippen LogP contribution in [-0.4, -0.2) is 40.5 Å². The van der Waals surface area contributed by atoms with Crippen LogP contribution in [0.3, 0.4) is 0 Å². The van der Waals surface area contributed by atoms with E-state index in [0.717, 1.165) is 0 Å². The molecular weight excluding hydrogens is 395 g/mol. The van der Waals surface area contributed by atoms with Crippen molar-refractivity contribution in [1.29, 1.82) is 0 Å². The Morgan fingerprint density at radius 1 is 1.37 bits per heavy atom. The smallest absolute Gasteiger partial charge is 0.406 e. The Morgan fingerprint density at radius 2 is 2.00 bits per heavy atom. The molecule has 0 aliphatic carbocycles. The summed E-state index contributed by atoms with van der Waals surface area (Å²) in [7, 11) is 0. The molecule has 0 radical (unpaired) electrons. The van der Waals surface area contributed by atoms with Crippen molar-refractivity contribution in [2.45, 2.75) is 6.18 Å². The highest BCUT2D eigenvalue weighted by molar-refractivity contribution is 9.10. The minimum absolute atomic E-state index is 0.103. The normalized spacial score (nSPS) is 11.4. The Kier molecular flexibility index (Phi) is 5.66. The highest BCUT2D eigenvalue weighted by atomic mass is 79.9. The van der Waals surface area contributed by atoms with Gasteiger partial charge in [-0.25, -0.2) is 0 Å². The van der Waals surface area contributed by atoms with Gasteiger partial charge in [-0.2, -0.15) is 13.2 Å². The second kappa shape index (κ2) is 6.60. The first kappa shape index (κ1) is 16.3. The molecule has 8 heteroatoms. The summed E-state index contributed by atoms with van der Waals surface area (Å²) < 4.78 is 37.7. The number of halogens is 5. The minimum Gasteiger partial charge on any atom is -0.507 e.